The first kappa shape index (κ1) is 20.8. The lowest BCUT2D eigenvalue weighted by atomic mass is 10.0. The maximum atomic E-state index is 12.4. The maximum Gasteiger partial charge on any atom is 0.253 e. The van der Waals surface area contributed by atoms with Crippen LogP contribution in [0.3, 0.4) is 0 Å². The van der Waals surface area contributed by atoms with Gasteiger partial charge in [0.15, 0.2) is 5.78 Å². The molecule has 2 aromatic carbocycles. The molecule has 152 valence electrons. The van der Waals surface area contributed by atoms with E-state index in [1.165, 1.54) is 11.1 Å². The standard InChI is InChI=1S/C24H28N2O3/c1-3-26(4-2)24(29)18-10-12-21(13-11-18)25-23(28)15-14-22(27)20-9-8-17-6-5-7-19(17)16-20/h8-13,16H,3-7,14-15H2,1-2H3,(H,25,28). The summed E-state index contributed by atoms with van der Waals surface area (Å²) in [7, 11) is 0. The lowest BCUT2D eigenvalue weighted by Gasteiger charge is -2.18. The number of fused-ring (bicyclic) bond motifs is 1. The maximum absolute atomic E-state index is 12.4. The highest BCUT2D eigenvalue weighted by Crippen LogP contribution is 2.23. The number of nitrogens with one attached hydrogen (secondary N) is 1. The van der Waals surface area contributed by atoms with Gasteiger partial charge in [0.25, 0.3) is 5.91 Å². The smallest absolute Gasteiger partial charge is 0.253 e. The number of hydrogen-bond donors (Lipinski definition) is 1. The van der Waals surface area contributed by atoms with Gasteiger partial charge in [-0.25, -0.2) is 0 Å². The third-order valence-electron chi connectivity index (χ3n) is 5.47. The summed E-state index contributed by atoms with van der Waals surface area (Å²) in [5.41, 5.74) is 4.51. The van der Waals surface area contributed by atoms with E-state index in [0.29, 0.717) is 29.9 Å². The first-order valence-corrected chi connectivity index (χ1v) is 10.4. The Kier molecular flexibility index (Phi) is 6.81. The number of ketones is 1. The highest BCUT2D eigenvalue weighted by molar-refractivity contribution is 6.00. The Bertz CT molecular complexity index is 899. The van der Waals surface area contributed by atoms with E-state index in [1.807, 2.05) is 32.0 Å². The van der Waals surface area contributed by atoms with Crippen LogP contribution in [0.25, 0.3) is 0 Å². The molecule has 1 N–H and O–H groups in total. The van der Waals surface area contributed by atoms with Gasteiger partial charge in [0.1, 0.15) is 0 Å². The zero-order valence-corrected chi connectivity index (χ0v) is 17.2. The number of amides is 2. The van der Waals surface area contributed by atoms with Crippen molar-refractivity contribution in [2.45, 2.75) is 46.0 Å². The normalized spacial score (nSPS) is 12.3. The summed E-state index contributed by atoms with van der Waals surface area (Å²) in [6, 6.07) is 12.8. The molecular weight excluding hydrogens is 364 g/mol. The Hall–Kier alpha value is -2.95. The molecule has 0 radical (unpaired) electrons. The number of aryl methyl sites for hydroxylation is 2. The van der Waals surface area contributed by atoms with Crippen LogP contribution in [0.15, 0.2) is 42.5 Å². The van der Waals surface area contributed by atoms with E-state index < -0.39 is 0 Å². The molecule has 0 fully saturated rings. The van der Waals surface area contributed by atoms with Crippen molar-refractivity contribution >= 4 is 23.3 Å². The summed E-state index contributed by atoms with van der Waals surface area (Å²) in [5.74, 6) is -0.231. The summed E-state index contributed by atoms with van der Waals surface area (Å²) in [4.78, 5) is 38.7. The second kappa shape index (κ2) is 9.50. The van der Waals surface area contributed by atoms with Gasteiger partial charge in [0.05, 0.1) is 0 Å². The molecule has 2 amide bonds. The zero-order valence-electron chi connectivity index (χ0n) is 17.2. The summed E-state index contributed by atoms with van der Waals surface area (Å²) in [6.45, 7) is 5.21. The van der Waals surface area contributed by atoms with Gasteiger partial charge in [0, 0.05) is 42.7 Å². The molecule has 1 aliphatic carbocycles. The van der Waals surface area contributed by atoms with Crippen LogP contribution in [-0.2, 0) is 17.6 Å². The number of carbonyl (C=O) groups excluding carboxylic acids is 3. The highest BCUT2D eigenvalue weighted by Gasteiger charge is 2.15. The van der Waals surface area contributed by atoms with Crippen LogP contribution in [0.1, 0.15) is 65.0 Å². The topological polar surface area (TPSA) is 66.5 Å². The minimum absolute atomic E-state index is 0.00461. The molecule has 0 saturated heterocycles. The van der Waals surface area contributed by atoms with Crippen molar-refractivity contribution in [3.8, 4) is 0 Å². The summed E-state index contributed by atoms with van der Waals surface area (Å²) < 4.78 is 0. The predicted molar refractivity (Wildman–Crippen MR) is 114 cm³/mol. The summed E-state index contributed by atoms with van der Waals surface area (Å²) >= 11 is 0. The predicted octanol–water partition coefficient (Wildman–Crippen LogP) is 4.26. The van der Waals surface area contributed by atoms with Gasteiger partial charge in [-0.2, -0.15) is 0 Å². The Labute approximate surface area is 172 Å². The van der Waals surface area contributed by atoms with Crippen LogP contribution in [0.5, 0.6) is 0 Å². The molecule has 1 aliphatic rings. The minimum Gasteiger partial charge on any atom is -0.339 e. The Morgan fingerprint density at radius 3 is 2.21 bits per heavy atom. The van der Waals surface area contributed by atoms with Crippen LogP contribution in [0, 0.1) is 0 Å². The molecule has 5 nitrogen and oxygen atoms in total. The van der Waals surface area contributed by atoms with Crippen LogP contribution in [0.4, 0.5) is 5.69 Å². The van der Waals surface area contributed by atoms with Crippen molar-refractivity contribution in [1.82, 2.24) is 4.90 Å². The Morgan fingerprint density at radius 1 is 0.862 bits per heavy atom. The fourth-order valence-corrected chi connectivity index (χ4v) is 3.73. The lowest BCUT2D eigenvalue weighted by Crippen LogP contribution is -2.30. The van der Waals surface area contributed by atoms with Crippen molar-refractivity contribution in [2.24, 2.45) is 0 Å². The van der Waals surface area contributed by atoms with Crippen molar-refractivity contribution in [2.75, 3.05) is 18.4 Å². The minimum atomic E-state index is -0.206. The first-order valence-electron chi connectivity index (χ1n) is 10.4. The average molecular weight is 392 g/mol. The fourth-order valence-electron chi connectivity index (χ4n) is 3.73. The SMILES string of the molecule is CCN(CC)C(=O)c1ccc(NC(=O)CCC(=O)c2ccc3c(c2)CCC3)cc1. The van der Waals surface area contributed by atoms with E-state index in [0.717, 1.165) is 19.3 Å². The number of carbonyl (C=O) groups is 3. The monoisotopic (exact) mass is 392 g/mol. The van der Waals surface area contributed by atoms with Crippen molar-refractivity contribution in [3.63, 3.8) is 0 Å². The second-order valence-electron chi connectivity index (χ2n) is 7.36. The van der Waals surface area contributed by atoms with E-state index in [1.54, 1.807) is 29.2 Å². The summed E-state index contributed by atoms with van der Waals surface area (Å²) in [5, 5.41) is 2.80. The number of benzene rings is 2. The molecular formula is C24H28N2O3. The molecule has 29 heavy (non-hydrogen) atoms. The molecule has 0 atom stereocenters. The molecule has 0 heterocycles. The Balaban J connectivity index is 1.51. The van der Waals surface area contributed by atoms with Gasteiger partial charge in [-0.3, -0.25) is 14.4 Å². The molecule has 3 rings (SSSR count). The first-order chi connectivity index (χ1) is 14.0. The lowest BCUT2D eigenvalue weighted by molar-refractivity contribution is -0.116. The Morgan fingerprint density at radius 2 is 1.52 bits per heavy atom. The number of rotatable bonds is 8. The van der Waals surface area contributed by atoms with Crippen LogP contribution < -0.4 is 5.32 Å². The average Bonchev–Trinajstić information content (AvgIpc) is 3.21. The molecule has 0 saturated carbocycles. The second-order valence-corrected chi connectivity index (χ2v) is 7.36. The van der Waals surface area contributed by atoms with E-state index in [2.05, 4.69) is 5.32 Å². The molecule has 5 heteroatoms. The third-order valence-corrected chi connectivity index (χ3v) is 5.47. The van der Waals surface area contributed by atoms with Crippen LogP contribution in [-0.4, -0.2) is 35.6 Å². The highest BCUT2D eigenvalue weighted by atomic mass is 16.2. The van der Waals surface area contributed by atoms with Gasteiger partial charge in [-0.15, -0.1) is 0 Å². The van der Waals surface area contributed by atoms with E-state index in [4.69, 9.17) is 0 Å². The number of nitrogens with zero attached hydrogens (tertiary/aromatic N) is 1. The molecule has 2 aromatic rings. The van der Waals surface area contributed by atoms with Crippen LogP contribution in [0.2, 0.25) is 0 Å². The number of anilines is 1. The quantitative estimate of drug-likeness (QED) is 0.683. The molecule has 0 spiro atoms. The van der Waals surface area contributed by atoms with Gasteiger partial charge < -0.3 is 10.2 Å². The molecule has 0 aliphatic heterocycles. The van der Waals surface area contributed by atoms with Crippen molar-refractivity contribution in [3.05, 3.63) is 64.7 Å². The number of hydrogen-bond acceptors (Lipinski definition) is 3. The van der Waals surface area contributed by atoms with Gasteiger partial charge >= 0.3 is 0 Å². The fraction of sp³-hybridized carbons (Fsp3) is 0.375. The van der Waals surface area contributed by atoms with E-state index >= 15 is 0 Å². The van der Waals surface area contributed by atoms with E-state index in [9.17, 15) is 14.4 Å². The zero-order chi connectivity index (χ0) is 20.8. The van der Waals surface area contributed by atoms with Gasteiger partial charge in [-0.1, -0.05) is 12.1 Å². The van der Waals surface area contributed by atoms with Crippen LogP contribution >= 0.6 is 0 Å². The molecule has 0 unspecified atom stereocenters. The van der Waals surface area contributed by atoms with Crippen molar-refractivity contribution in [1.29, 1.82) is 0 Å². The van der Waals surface area contributed by atoms with Gasteiger partial charge in [0.2, 0.25) is 5.91 Å². The van der Waals surface area contributed by atoms with E-state index in [-0.39, 0.29) is 30.4 Å². The van der Waals surface area contributed by atoms with Crippen molar-refractivity contribution < 1.29 is 14.4 Å². The molecule has 0 aromatic heterocycles. The van der Waals surface area contributed by atoms with Gasteiger partial charge in [-0.05, 0) is 74.6 Å². The summed E-state index contributed by atoms with van der Waals surface area (Å²) in [6.07, 6.45) is 3.59. The molecule has 0 bridgehead atoms. The number of Topliss-reactive ketones (excluding diaryl/α,β-unsaturated/α-hetero) is 1. The third kappa shape index (κ3) is 5.11. The largest absolute Gasteiger partial charge is 0.339 e.